The van der Waals surface area contributed by atoms with Crippen molar-refractivity contribution in [2.24, 2.45) is 0 Å². The summed E-state index contributed by atoms with van der Waals surface area (Å²) in [6.45, 7) is 3.99. The maximum absolute atomic E-state index is 10.9. The molecule has 0 saturated heterocycles. The number of phosphoric acid groups is 2. The molecule has 29 heavy (non-hydrogen) atoms. The van der Waals surface area contributed by atoms with Crippen molar-refractivity contribution >= 4 is 26.8 Å². The summed E-state index contributed by atoms with van der Waals surface area (Å²) in [7, 11) is -9.21. The molecule has 2 rings (SSSR count). The Morgan fingerprint density at radius 2 is 1.00 bits per heavy atom. The molecular weight excluding hydrogens is 429 g/mol. The molecule has 0 aliphatic carbocycles. The third-order valence-corrected chi connectivity index (χ3v) is 4.82. The Hall–Kier alpha value is -0.920. The van der Waals surface area contributed by atoms with Gasteiger partial charge in [0.2, 0.25) is 0 Å². The van der Waals surface area contributed by atoms with Crippen molar-refractivity contribution < 1.29 is 68.7 Å². The van der Waals surface area contributed by atoms with Crippen LogP contribution < -0.4 is 38.6 Å². The summed E-state index contributed by atoms with van der Waals surface area (Å²) >= 11 is 0. The van der Waals surface area contributed by atoms with Crippen molar-refractivity contribution in [3.05, 3.63) is 59.7 Å². The van der Waals surface area contributed by atoms with Crippen LogP contribution in [0.3, 0.4) is 0 Å². The van der Waals surface area contributed by atoms with Gasteiger partial charge in [-0.2, -0.15) is 0 Å². The second kappa shape index (κ2) is 10.9. The predicted molar refractivity (Wildman–Crippen MR) is 107 cm³/mol. The van der Waals surface area contributed by atoms with Crippen LogP contribution in [-0.4, -0.2) is 19.6 Å². The molecular formula is C18H23NaO8P2. The topological polar surface area (TPSA) is 134 Å². The molecule has 0 atom stereocenters. The average molecular weight is 452 g/mol. The zero-order valence-electron chi connectivity index (χ0n) is 17.3. The van der Waals surface area contributed by atoms with E-state index in [2.05, 4.69) is 9.05 Å². The van der Waals surface area contributed by atoms with Crippen molar-refractivity contribution in [3.63, 3.8) is 0 Å². The van der Waals surface area contributed by atoms with Crippen molar-refractivity contribution in [2.45, 2.75) is 26.7 Å². The summed E-state index contributed by atoms with van der Waals surface area (Å²) in [6.07, 6.45) is 1.42. The largest absolute Gasteiger partial charge is 1.00 e. The molecule has 2 aromatic carbocycles. The first kappa shape index (κ1) is 26.1. The zero-order valence-corrected chi connectivity index (χ0v) is 20.1. The van der Waals surface area contributed by atoms with Crippen LogP contribution in [0.15, 0.2) is 48.5 Å². The number of phosphoric ester groups is 2. The van der Waals surface area contributed by atoms with E-state index in [0.29, 0.717) is 12.8 Å². The van der Waals surface area contributed by atoms with Crippen LogP contribution in [0, 0.1) is 0 Å². The van der Waals surface area contributed by atoms with Gasteiger partial charge in [-0.25, -0.2) is 9.13 Å². The molecule has 4 N–H and O–H groups in total. The van der Waals surface area contributed by atoms with Crippen molar-refractivity contribution in [1.29, 1.82) is 0 Å². The molecule has 0 saturated carbocycles. The van der Waals surface area contributed by atoms with Crippen LogP contribution in [0.5, 0.6) is 11.5 Å². The van der Waals surface area contributed by atoms with Crippen LogP contribution in [0.1, 0.15) is 39.2 Å². The molecule has 154 valence electrons. The minimum Gasteiger partial charge on any atom is -1.00 e. The van der Waals surface area contributed by atoms with Gasteiger partial charge in [-0.15, -0.1) is 0 Å². The summed E-state index contributed by atoms with van der Waals surface area (Å²) in [5.41, 5.74) is 3.84. The minimum atomic E-state index is -4.61. The molecule has 0 amide bonds. The maximum atomic E-state index is 10.9. The molecule has 0 aromatic heterocycles. The number of hydrogen-bond donors (Lipinski definition) is 4. The standard InChI is InChI=1S/C18H22O8P2.Na.H/c1-3-17(13-5-9-15(10-6-13)25-27(19,20)21)18(4-2)14-7-11-16(12-8-14)26-28(22,23)24;;/h5-12H,3-4H2,1-2H3,(H2,19,20,21)(H2,22,23,24);;/q;+1;-1/b18-17+;;. The first-order valence-electron chi connectivity index (χ1n) is 8.45. The Labute approximate surface area is 192 Å². The first-order chi connectivity index (χ1) is 13.0. The molecule has 2 aromatic rings. The Balaban J connectivity index is 0.00000420. The number of rotatable bonds is 8. The molecule has 0 aliphatic heterocycles. The van der Waals surface area contributed by atoms with Gasteiger partial charge in [0.05, 0.1) is 0 Å². The summed E-state index contributed by atoms with van der Waals surface area (Å²) < 4.78 is 31.0. The normalized spacial score (nSPS) is 12.6. The summed E-state index contributed by atoms with van der Waals surface area (Å²) in [5.74, 6) is 0.147. The van der Waals surface area contributed by atoms with Gasteiger partial charge in [-0.3, -0.25) is 19.6 Å². The van der Waals surface area contributed by atoms with Crippen LogP contribution in [0.4, 0.5) is 0 Å². The van der Waals surface area contributed by atoms with Crippen molar-refractivity contribution in [2.75, 3.05) is 0 Å². The fourth-order valence-electron chi connectivity index (χ4n) is 2.89. The minimum absolute atomic E-state index is 0. The van der Waals surface area contributed by atoms with E-state index in [-0.39, 0.29) is 42.5 Å². The molecule has 8 nitrogen and oxygen atoms in total. The van der Waals surface area contributed by atoms with Gasteiger partial charge in [-0.05, 0) is 59.4 Å². The molecule has 0 aliphatic rings. The summed E-state index contributed by atoms with van der Waals surface area (Å²) in [4.78, 5) is 35.5. The summed E-state index contributed by atoms with van der Waals surface area (Å²) in [5, 5.41) is 0. The van der Waals surface area contributed by atoms with Crippen LogP contribution in [-0.2, 0) is 9.13 Å². The molecule has 11 heteroatoms. The second-order valence-corrected chi connectivity index (χ2v) is 8.20. The Morgan fingerprint density at radius 3 is 1.21 bits per heavy atom. The summed E-state index contributed by atoms with van der Waals surface area (Å²) in [6, 6.07) is 12.9. The van der Waals surface area contributed by atoms with Gasteiger partial charge in [0.1, 0.15) is 11.5 Å². The predicted octanol–water partition coefficient (Wildman–Crippen LogP) is 1.48. The van der Waals surface area contributed by atoms with E-state index >= 15 is 0 Å². The fraction of sp³-hybridized carbons (Fsp3) is 0.222. The van der Waals surface area contributed by atoms with Crippen molar-refractivity contribution in [1.82, 2.24) is 0 Å². The molecule has 0 fully saturated rings. The molecule has 0 radical (unpaired) electrons. The van der Waals surface area contributed by atoms with Crippen molar-refractivity contribution in [3.8, 4) is 11.5 Å². The Bertz CT molecular complexity index is 858. The van der Waals surface area contributed by atoms with E-state index in [1.807, 2.05) is 13.8 Å². The second-order valence-electron chi connectivity index (χ2n) is 5.88. The average Bonchev–Trinajstić information content (AvgIpc) is 2.59. The van der Waals surface area contributed by atoms with E-state index in [9.17, 15) is 9.13 Å². The molecule has 0 unspecified atom stereocenters. The van der Waals surface area contributed by atoms with Crippen LogP contribution in [0.25, 0.3) is 11.1 Å². The third kappa shape index (κ3) is 8.38. The smallest absolute Gasteiger partial charge is 1.00 e. The quantitative estimate of drug-likeness (QED) is 0.269. The third-order valence-electron chi connectivity index (χ3n) is 3.93. The Morgan fingerprint density at radius 1 is 0.724 bits per heavy atom. The SMILES string of the molecule is CC/C(=C(/CC)c1ccc(OP(=O)(O)O)cc1)c1ccc(OP(=O)(O)O)cc1.[H-].[Na+]. The number of hydrogen-bond acceptors (Lipinski definition) is 4. The number of allylic oxidation sites excluding steroid dienone is 2. The van der Waals surface area contributed by atoms with Gasteiger partial charge in [0, 0.05) is 0 Å². The number of benzene rings is 2. The van der Waals surface area contributed by atoms with Gasteiger partial charge >= 0.3 is 45.2 Å². The molecule has 0 spiro atoms. The van der Waals surface area contributed by atoms with Gasteiger partial charge < -0.3 is 10.5 Å². The van der Waals surface area contributed by atoms with Gasteiger partial charge in [-0.1, -0.05) is 38.1 Å². The Kier molecular flexibility index (Phi) is 9.83. The van der Waals surface area contributed by atoms with E-state index < -0.39 is 15.6 Å². The maximum Gasteiger partial charge on any atom is 1.00 e. The van der Waals surface area contributed by atoms with E-state index in [1.54, 1.807) is 24.3 Å². The van der Waals surface area contributed by atoms with E-state index in [0.717, 1.165) is 22.3 Å². The van der Waals surface area contributed by atoms with E-state index in [1.165, 1.54) is 24.3 Å². The van der Waals surface area contributed by atoms with Gasteiger partial charge in [0.25, 0.3) is 0 Å². The molecule has 0 bridgehead atoms. The zero-order chi connectivity index (χ0) is 20.9. The molecule has 0 heterocycles. The van der Waals surface area contributed by atoms with Crippen LogP contribution in [0.2, 0.25) is 0 Å². The monoisotopic (exact) mass is 452 g/mol. The first-order valence-corrected chi connectivity index (χ1v) is 11.5. The van der Waals surface area contributed by atoms with Crippen LogP contribution >= 0.6 is 15.6 Å². The van der Waals surface area contributed by atoms with E-state index in [4.69, 9.17) is 19.6 Å². The van der Waals surface area contributed by atoms with Gasteiger partial charge in [0.15, 0.2) is 0 Å². The fourth-order valence-corrected chi connectivity index (χ4v) is 3.68.